The molecule has 1 aromatic carbocycles. The minimum absolute atomic E-state index is 0.0718. The molecule has 0 radical (unpaired) electrons. The minimum atomic E-state index is -0.0718. The van der Waals surface area contributed by atoms with Crippen LogP contribution in [-0.4, -0.2) is 28.7 Å². The fourth-order valence-corrected chi connectivity index (χ4v) is 2.61. The summed E-state index contributed by atoms with van der Waals surface area (Å²) in [6.07, 6.45) is 3.57. The molecule has 2 fully saturated rings. The molecule has 2 heteroatoms. The highest BCUT2D eigenvalue weighted by Crippen LogP contribution is 2.38. The third kappa shape index (κ3) is 2.00. The van der Waals surface area contributed by atoms with E-state index in [4.69, 9.17) is 0 Å². The second kappa shape index (κ2) is 4.19. The van der Waals surface area contributed by atoms with E-state index in [0.29, 0.717) is 12.0 Å². The summed E-state index contributed by atoms with van der Waals surface area (Å²) in [7, 11) is 0. The lowest BCUT2D eigenvalue weighted by atomic mass is 9.93. The summed E-state index contributed by atoms with van der Waals surface area (Å²) in [4.78, 5) is 2.42. The van der Waals surface area contributed by atoms with Gasteiger partial charge in [-0.1, -0.05) is 30.3 Å². The van der Waals surface area contributed by atoms with Crippen LogP contribution in [0.2, 0.25) is 0 Å². The first-order valence-corrected chi connectivity index (χ1v) is 6.30. The highest BCUT2D eigenvalue weighted by molar-refractivity contribution is 5.15. The molecule has 1 aliphatic heterocycles. The van der Waals surface area contributed by atoms with E-state index in [2.05, 4.69) is 35.2 Å². The van der Waals surface area contributed by atoms with Crippen molar-refractivity contribution in [2.45, 2.75) is 38.0 Å². The summed E-state index contributed by atoms with van der Waals surface area (Å²) in [6.45, 7) is 2.14. The lowest BCUT2D eigenvalue weighted by molar-refractivity contribution is -0.0296. The zero-order valence-corrected chi connectivity index (χ0v) is 9.55. The lowest BCUT2D eigenvalue weighted by Crippen LogP contribution is -2.54. The van der Waals surface area contributed by atoms with E-state index in [0.717, 1.165) is 13.1 Å². The predicted molar refractivity (Wildman–Crippen MR) is 64.0 cm³/mol. The summed E-state index contributed by atoms with van der Waals surface area (Å²) in [6, 6.07) is 11.0. The highest BCUT2D eigenvalue weighted by Gasteiger charge is 2.41. The third-order valence-corrected chi connectivity index (χ3v) is 3.91. The van der Waals surface area contributed by atoms with Gasteiger partial charge in [0.25, 0.3) is 0 Å². The number of benzene rings is 1. The van der Waals surface area contributed by atoms with Crippen molar-refractivity contribution in [3.05, 3.63) is 35.9 Å². The van der Waals surface area contributed by atoms with Gasteiger partial charge in [-0.05, 0) is 30.7 Å². The number of aliphatic hydroxyl groups is 1. The van der Waals surface area contributed by atoms with Gasteiger partial charge in [0.15, 0.2) is 0 Å². The van der Waals surface area contributed by atoms with Gasteiger partial charge >= 0.3 is 0 Å². The van der Waals surface area contributed by atoms with Gasteiger partial charge in [0.05, 0.1) is 6.10 Å². The molecule has 0 amide bonds. The first-order valence-electron chi connectivity index (χ1n) is 6.30. The predicted octanol–water partition coefficient (Wildman–Crippen LogP) is 2.03. The average molecular weight is 217 g/mol. The van der Waals surface area contributed by atoms with Crippen LogP contribution < -0.4 is 0 Å². The number of likely N-dealkylation sites (tertiary alicyclic amines) is 1. The molecule has 1 aliphatic carbocycles. The van der Waals surface area contributed by atoms with Crippen LogP contribution >= 0.6 is 0 Å². The molecule has 1 aromatic rings. The summed E-state index contributed by atoms with van der Waals surface area (Å²) in [5.74, 6) is 0.601. The van der Waals surface area contributed by atoms with E-state index in [9.17, 15) is 5.11 Å². The van der Waals surface area contributed by atoms with E-state index in [1.807, 2.05) is 0 Å². The molecule has 1 saturated carbocycles. The van der Waals surface area contributed by atoms with Gasteiger partial charge in [-0.3, -0.25) is 4.90 Å². The first kappa shape index (κ1) is 10.3. The zero-order chi connectivity index (χ0) is 11.0. The number of rotatable bonds is 4. The van der Waals surface area contributed by atoms with Crippen LogP contribution in [0.3, 0.4) is 0 Å². The molecule has 16 heavy (non-hydrogen) atoms. The Bertz CT molecular complexity index is 347. The normalized spacial score (nSPS) is 27.4. The van der Waals surface area contributed by atoms with Crippen molar-refractivity contribution in [1.82, 2.24) is 4.90 Å². The van der Waals surface area contributed by atoms with Crippen LogP contribution in [0, 0.1) is 5.92 Å². The van der Waals surface area contributed by atoms with Gasteiger partial charge in [0.1, 0.15) is 0 Å². The zero-order valence-electron chi connectivity index (χ0n) is 9.55. The van der Waals surface area contributed by atoms with Crippen LogP contribution in [0.1, 0.15) is 24.8 Å². The molecule has 1 heterocycles. The average Bonchev–Trinajstić information content (AvgIpc) is 3.09. The molecule has 0 aromatic heterocycles. The van der Waals surface area contributed by atoms with Gasteiger partial charge in [0, 0.05) is 19.1 Å². The van der Waals surface area contributed by atoms with E-state index in [-0.39, 0.29) is 6.10 Å². The molecule has 2 aliphatic rings. The number of aliphatic hydroxyl groups excluding tert-OH is 1. The third-order valence-electron chi connectivity index (χ3n) is 3.91. The topological polar surface area (TPSA) is 23.5 Å². The van der Waals surface area contributed by atoms with Crippen LogP contribution in [-0.2, 0) is 6.54 Å². The minimum Gasteiger partial charge on any atom is -0.391 e. The van der Waals surface area contributed by atoms with Gasteiger partial charge in [0.2, 0.25) is 0 Å². The Morgan fingerprint density at radius 1 is 1.19 bits per heavy atom. The monoisotopic (exact) mass is 217 g/mol. The quantitative estimate of drug-likeness (QED) is 0.834. The Morgan fingerprint density at radius 3 is 2.50 bits per heavy atom. The number of hydrogen-bond acceptors (Lipinski definition) is 2. The van der Waals surface area contributed by atoms with Crippen LogP contribution in [0.15, 0.2) is 30.3 Å². The molecular formula is C14H19NO. The molecule has 1 N–H and O–H groups in total. The Kier molecular flexibility index (Phi) is 2.70. The highest BCUT2D eigenvalue weighted by atomic mass is 16.3. The molecule has 2 nitrogen and oxygen atoms in total. The second-order valence-corrected chi connectivity index (χ2v) is 5.14. The van der Waals surface area contributed by atoms with Crippen molar-refractivity contribution in [2.24, 2.45) is 5.92 Å². The van der Waals surface area contributed by atoms with Crippen molar-refractivity contribution in [3.63, 3.8) is 0 Å². The molecule has 86 valence electrons. The SMILES string of the molecule is OC(C1CC1)C1CCN1Cc1ccccc1. The van der Waals surface area contributed by atoms with Crippen molar-refractivity contribution < 1.29 is 5.11 Å². The summed E-state index contributed by atoms with van der Waals surface area (Å²) < 4.78 is 0. The maximum atomic E-state index is 10.1. The summed E-state index contributed by atoms with van der Waals surface area (Å²) in [5.41, 5.74) is 1.36. The fourth-order valence-electron chi connectivity index (χ4n) is 2.61. The van der Waals surface area contributed by atoms with Crippen LogP contribution in [0.5, 0.6) is 0 Å². The fraction of sp³-hybridized carbons (Fsp3) is 0.571. The largest absolute Gasteiger partial charge is 0.391 e. The van der Waals surface area contributed by atoms with Crippen molar-refractivity contribution >= 4 is 0 Å². The molecular weight excluding hydrogens is 198 g/mol. The van der Waals surface area contributed by atoms with E-state index >= 15 is 0 Å². The molecule has 3 rings (SSSR count). The van der Waals surface area contributed by atoms with Gasteiger partial charge < -0.3 is 5.11 Å². The summed E-state index contributed by atoms with van der Waals surface area (Å²) >= 11 is 0. The Morgan fingerprint density at radius 2 is 1.94 bits per heavy atom. The van der Waals surface area contributed by atoms with E-state index < -0.39 is 0 Å². The Hall–Kier alpha value is -0.860. The Balaban J connectivity index is 1.59. The maximum Gasteiger partial charge on any atom is 0.0724 e. The smallest absolute Gasteiger partial charge is 0.0724 e. The van der Waals surface area contributed by atoms with E-state index in [1.54, 1.807) is 0 Å². The lowest BCUT2D eigenvalue weighted by Gasteiger charge is -2.44. The standard InChI is InChI=1S/C14H19NO/c16-14(12-6-7-12)13-8-9-15(13)10-11-4-2-1-3-5-11/h1-5,12-14,16H,6-10H2. The molecule has 0 bridgehead atoms. The van der Waals surface area contributed by atoms with Crippen molar-refractivity contribution in [2.75, 3.05) is 6.54 Å². The van der Waals surface area contributed by atoms with E-state index in [1.165, 1.54) is 24.8 Å². The van der Waals surface area contributed by atoms with Gasteiger partial charge in [-0.2, -0.15) is 0 Å². The number of hydrogen-bond donors (Lipinski definition) is 1. The second-order valence-electron chi connectivity index (χ2n) is 5.14. The number of nitrogens with zero attached hydrogens (tertiary/aromatic N) is 1. The van der Waals surface area contributed by atoms with Gasteiger partial charge in [-0.25, -0.2) is 0 Å². The summed E-state index contributed by atoms with van der Waals surface area (Å²) in [5, 5.41) is 10.1. The van der Waals surface area contributed by atoms with Gasteiger partial charge in [-0.15, -0.1) is 0 Å². The first-order chi connectivity index (χ1) is 7.84. The van der Waals surface area contributed by atoms with Crippen LogP contribution in [0.25, 0.3) is 0 Å². The molecule has 2 atom stereocenters. The van der Waals surface area contributed by atoms with Crippen molar-refractivity contribution in [3.8, 4) is 0 Å². The Labute approximate surface area is 96.9 Å². The molecule has 2 unspecified atom stereocenters. The molecule has 1 saturated heterocycles. The van der Waals surface area contributed by atoms with Crippen LogP contribution in [0.4, 0.5) is 0 Å². The molecule has 0 spiro atoms. The maximum absolute atomic E-state index is 10.1. The van der Waals surface area contributed by atoms with Crippen molar-refractivity contribution in [1.29, 1.82) is 0 Å².